The first-order valence-corrected chi connectivity index (χ1v) is 6.65. The van der Waals surface area contributed by atoms with E-state index in [0.717, 1.165) is 16.5 Å². The fraction of sp³-hybridized carbons (Fsp3) is 0.400. The van der Waals surface area contributed by atoms with E-state index >= 15 is 0 Å². The first-order chi connectivity index (χ1) is 9.13. The lowest BCUT2D eigenvalue weighted by atomic mass is 10.1. The number of aromatic amines is 1. The maximum absolute atomic E-state index is 12.5. The Morgan fingerprint density at radius 2 is 2.00 bits per heavy atom. The fourth-order valence-electron chi connectivity index (χ4n) is 2.71. The van der Waals surface area contributed by atoms with Gasteiger partial charge < -0.3 is 14.6 Å². The van der Waals surface area contributed by atoms with Crippen molar-refractivity contribution in [3.63, 3.8) is 0 Å². The van der Waals surface area contributed by atoms with Crippen molar-refractivity contribution in [2.45, 2.75) is 26.1 Å². The smallest absolute Gasteiger partial charge is 0.254 e. The third-order valence-corrected chi connectivity index (χ3v) is 3.51. The molecule has 1 saturated heterocycles. The minimum absolute atomic E-state index is 0.0881. The summed E-state index contributed by atoms with van der Waals surface area (Å²) >= 11 is 0. The number of amides is 1. The second kappa shape index (κ2) is 4.70. The Bertz CT molecular complexity index is 595. The van der Waals surface area contributed by atoms with E-state index in [1.54, 1.807) is 0 Å². The van der Waals surface area contributed by atoms with Crippen molar-refractivity contribution in [3.8, 4) is 0 Å². The van der Waals surface area contributed by atoms with E-state index in [1.165, 1.54) is 0 Å². The van der Waals surface area contributed by atoms with Crippen molar-refractivity contribution < 1.29 is 9.53 Å². The number of aromatic nitrogens is 1. The molecule has 1 aromatic heterocycles. The Balaban J connectivity index is 1.86. The summed E-state index contributed by atoms with van der Waals surface area (Å²) in [5.74, 6) is 0.0881. The Kier molecular flexibility index (Phi) is 3.03. The molecule has 0 aliphatic carbocycles. The lowest BCUT2D eigenvalue weighted by Gasteiger charge is -2.35. The van der Waals surface area contributed by atoms with Gasteiger partial charge in [0.25, 0.3) is 5.91 Å². The Labute approximate surface area is 112 Å². The van der Waals surface area contributed by atoms with Gasteiger partial charge in [0.15, 0.2) is 0 Å². The highest BCUT2D eigenvalue weighted by atomic mass is 16.5. The fourth-order valence-corrected chi connectivity index (χ4v) is 2.71. The first-order valence-electron chi connectivity index (χ1n) is 6.65. The highest BCUT2D eigenvalue weighted by Crippen LogP contribution is 2.18. The van der Waals surface area contributed by atoms with Gasteiger partial charge in [-0.1, -0.05) is 0 Å². The van der Waals surface area contributed by atoms with Crippen molar-refractivity contribution in [2.24, 2.45) is 0 Å². The van der Waals surface area contributed by atoms with Crippen molar-refractivity contribution >= 4 is 16.8 Å². The van der Waals surface area contributed by atoms with Crippen LogP contribution in [0.4, 0.5) is 0 Å². The second-order valence-corrected chi connectivity index (χ2v) is 5.25. The number of morpholine rings is 1. The van der Waals surface area contributed by atoms with Gasteiger partial charge in [-0.3, -0.25) is 4.79 Å². The number of benzene rings is 1. The number of hydrogen-bond donors (Lipinski definition) is 1. The normalized spacial score (nSPS) is 23.8. The highest BCUT2D eigenvalue weighted by Gasteiger charge is 2.26. The zero-order valence-electron chi connectivity index (χ0n) is 11.2. The van der Waals surface area contributed by atoms with Crippen LogP contribution < -0.4 is 0 Å². The lowest BCUT2D eigenvalue weighted by Crippen LogP contribution is -2.48. The molecule has 3 rings (SSSR count). The van der Waals surface area contributed by atoms with E-state index in [1.807, 2.05) is 49.2 Å². The highest BCUT2D eigenvalue weighted by molar-refractivity contribution is 5.98. The van der Waals surface area contributed by atoms with Crippen molar-refractivity contribution in [1.29, 1.82) is 0 Å². The average molecular weight is 258 g/mol. The van der Waals surface area contributed by atoms with E-state index in [9.17, 15) is 4.79 Å². The molecule has 19 heavy (non-hydrogen) atoms. The summed E-state index contributed by atoms with van der Waals surface area (Å²) in [6, 6.07) is 7.76. The summed E-state index contributed by atoms with van der Waals surface area (Å²) < 4.78 is 5.66. The monoisotopic (exact) mass is 258 g/mol. The van der Waals surface area contributed by atoms with E-state index < -0.39 is 0 Å². The van der Waals surface area contributed by atoms with Crippen LogP contribution in [0.1, 0.15) is 24.2 Å². The number of rotatable bonds is 1. The molecule has 2 atom stereocenters. The zero-order chi connectivity index (χ0) is 13.4. The zero-order valence-corrected chi connectivity index (χ0v) is 11.2. The summed E-state index contributed by atoms with van der Waals surface area (Å²) in [4.78, 5) is 17.5. The van der Waals surface area contributed by atoms with Crippen LogP contribution in [0, 0.1) is 0 Å². The van der Waals surface area contributed by atoms with Crippen LogP contribution in [0.5, 0.6) is 0 Å². The maximum atomic E-state index is 12.5. The first kappa shape index (κ1) is 12.2. The SMILES string of the molecule is C[C@@H]1CN(C(=O)c2ccc3[nH]ccc3c2)C[C@H](C)O1. The number of fused-ring (bicyclic) bond motifs is 1. The van der Waals surface area contributed by atoms with Crippen LogP contribution in [0.15, 0.2) is 30.5 Å². The largest absolute Gasteiger partial charge is 0.372 e. The van der Waals surface area contributed by atoms with Gasteiger partial charge in [-0.05, 0) is 38.1 Å². The van der Waals surface area contributed by atoms with Crippen LogP contribution in [0.3, 0.4) is 0 Å². The molecule has 2 aromatic rings. The van der Waals surface area contributed by atoms with Gasteiger partial charge in [-0.25, -0.2) is 0 Å². The molecule has 0 spiro atoms. The van der Waals surface area contributed by atoms with Crippen LogP contribution in [-0.4, -0.2) is 41.1 Å². The number of hydrogen-bond acceptors (Lipinski definition) is 2. The molecule has 1 aliphatic heterocycles. The molecule has 1 fully saturated rings. The predicted molar refractivity (Wildman–Crippen MR) is 74.2 cm³/mol. The molecule has 0 bridgehead atoms. The van der Waals surface area contributed by atoms with E-state index in [-0.39, 0.29) is 18.1 Å². The number of ether oxygens (including phenoxy) is 1. The Morgan fingerprint density at radius 1 is 1.26 bits per heavy atom. The van der Waals surface area contributed by atoms with Gasteiger partial charge in [0.1, 0.15) is 0 Å². The third kappa shape index (κ3) is 2.36. The second-order valence-electron chi connectivity index (χ2n) is 5.25. The number of H-pyrrole nitrogens is 1. The minimum Gasteiger partial charge on any atom is -0.372 e. The predicted octanol–water partition coefficient (Wildman–Crippen LogP) is 2.42. The van der Waals surface area contributed by atoms with E-state index in [2.05, 4.69) is 4.98 Å². The molecule has 0 unspecified atom stereocenters. The standard InChI is InChI=1S/C15H18N2O2/c1-10-8-17(9-11(2)19-10)15(18)13-3-4-14-12(7-13)5-6-16-14/h3-7,10-11,16H,8-9H2,1-2H3/t10-,11+. The number of carbonyl (C=O) groups excluding carboxylic acids is 1. The Morgan fingerprint density at radius 3 is 2.74 bits per heavy atom. The molecule has 4 nitrogen and oxygen atoms in total. The summed E-state index contributed by atoms with van der Waals surface area (Å²) in [6.07, 6.45) is 2.09. The molecule has 4 heteroatoms. The molecular weight excluding hydrogens is 240 g/mol. The van der Waals surface area contributed by atoms with Gasteiger partial charge in [-0.2, -0.15) is 0 Å². The van der Waals surface area contributed by atoms with Gasteiger partial charge in [0.05, 0.1) is 12.2 Å². The van der Waals surface area contributed by atoms with Crippen LogP contribution in [-0.2, 0) is 4.74 Å². The molecule has 0 saturated carbocycles. The summed E-state index contributed by atoms with van der Waals surface area (Å²) in [7, 11) is 0. The molecule has 0 radical (unpaired) electrons. The van der Waals surface area contributed by atoms with Gasteiger partial charge in [-0.15, -0.1) is 0 Å². The van der Waals surface area contributed by atoms with Crippen LogP contribution in [0.2, 0.25) is 0 Å². The van der Waals surface area contributed by atoms with E-state index in [0.29, 0.717) is 13.1 Å². The quantitative estimate of drug-likeness (QED) is 0.853. The van der Waals surface area contributed by atoms with Gasteiger partial charge >= 0.3 is 0 Å². The summed E-state index contributed by atoms with van der Waals surface area (Å²) in [5.41, 5.74) is 1.80. The average Bonchev–Trinajstić information content (AvgIpc) is 2.83. The number of nitrogens with zero attached hydrogens (tertiary/aromatic N) is 1. The van der Waals surface area contributed by atoms with Gasteiger partial charge in [0, 0.05) is 35.8 Å². The Hall–Kier alpha value is -1.81. The molecule has 1 N–H and O–H groups in total. The lowest BCUT2D eigenvalue weighted by molar-refractivity contribution is -0.0586. The third-order valence-electron chi connectivity index (χ3n) is 3.51. The van der Waals surface area contributed by atoms with E-state index in [4.69, 9.17) is 4.74 Å². The number of nitrogens with one attached hydrogen (secondary N) is 1. The maximum Gasteiger partial charge on any atom is 0.254 e. The van der Waals surface area contributed by atoms with Crippen molar-refractivity contribution in [1.82, 2.24) is 9.88 Å². The summed E-state index contributed by atoms with van der Waals surface area (Å²) in [5, 5.41) is 1.07. The van der Waals surface area contributed by atoms with Gasteiger partial charge in [0.2, 0.25) is 0 Å². The van der Waals surface area contributed by atoms with Crippen LogP contribution in [0.25, 0.3) is 10.9 Å². The molecular formula is C15H18N2O2. The van der Waals surface area contributed by atoms with Crippen molar-refractivity contribution in [2.75, 3.05) is 13.1 Å². The van der Waals surface area contributed by atoms with Crippen molar-refractivity contribution in [3.05, 3.63) is 36.0 Å². The number of carbonyl (C=O) groups is 1. The topological polar surface area (TPSA) is 45.3 Å². The molecule has 1 amide bonds. The molecule has 1 aromatic carbocycles. The molecule has 100 valence electrons. The van der Waals surface area contributed by atoms with Crippen LogP contribution >= 0.6 is 0 Å². The molecule has 1 aliphatic rings. The minimum atomic E-state index is 0.0881. The summed E-state index contributed by atoms with van der Waals surface area (Å²) in [6.45, 7) is 5.33. The molecule has 2 heterocycles.